The van der Waals surface area contributed by atoms with E-state index in [1.54, 1.807) is 13.2 Å². The highest BCUT2D eigenvalue weighted by Crippen LogP contribution is 2.36. The fourth-order valence-electron chi connectivity index (χ4n) is 4.58. The van der Waals surface area contributed by atoms with Crippen molar-refractivity contribution in [3.63, 3.8) is 0 Å². The molecule has 0 aromatic heterocycles. The smallest absolute Gasteiger partial charge is 0.416 e. The molecular weight excluding hydrogens is 405 g/mol. The van der Waals surface area contributed by atoms with Crippen LogP contribution < -0.4 is 4.74 Å². The van der Waals surface area contributed by atoms with Gasteiger partial charge < -0.3 is 14.4 Å². The van der Waals surface area contributed by atoms with E-state index in [1.165, 1.54) is 12.1 Å². The quantitative estimate of drug-likeness (QED) is 0.688. The number of hydrogen-bond donors (Lipinski definition) is 0. The minimum absolute atomic E-state index is 0.336. The summed E-state index contributed by atoms with van der Waals surface area (Å²) < 4.78 is 51.3. The number of methoxy groups -OCH3 is 1. The van der Waals surface area contributed by atoms with E-state index in [0.717, 1.165) is 49.9 Å². The molecule has 0 saturated carbocycles. The molecule has 2 aliphatic heterocycles. The van der Waals surface area contributed by atoms with Crippen LogP contribution in [-0.4, -0.2) is 55.3 Å². The lowest BCUT2D eigenvalue weighted by Crippen LogP contribution is -2.53. The highest BCUT2D eigenvalue weighted by Gasteiger charge is 2.40. The van der Waals surface area contributed by atoms with Gasteiger partial charge in [0.15, 0.2) is 0 Å². The van der Waals surface area contributed by atoms with Crippen molar-refractivity contribution in [2.24, 2.45) is 0 Å². The van der Waals surface area contributed by atoms with Gasteiger partial charge in [0.25, 0.3) is 0 Å². The average Bonchev–Trinajstić information content (AvgIpc) is 2.89. The van der Waals surface area contributed by atoms with Crippen LogP contribution in [0.3, 0.4) is 0 Å². The number of likely N-dealkylation sites (tertiary alicyclic amines) is 1. The molecule has 4 nitrogen and oxygen atoms in total. The van der Waals surface area contributed by atoms with Crippen LogP contribution in [0.1, 0.15) is 29.5 Å². The third-order valence-corrected chi connectivity index (χ3v) is 6.24. The topological polar surface area (TPSA) is 24.9 Å². The minimum atomic E-state index is -4.33. The molecule has 0 atom stereocenters. The fourth-order valence-corrected chi connectivity index (χ4v) is 4.58. The van der Waals surface area contributed by atoms with Crippen molar-refractivity contribution >= 4 is 0 Å². The van der Waals surface area contributed by atoms with Crippen LogP contribution in [0.5, 0.6) is 5.75 Å². The number of halogens is 3. The number of nitrogens with zero attached hydrogens (tertiary/aromatic N) is 2. The van der Waals surface area contributed by atoms with Crippen molar-refractivity contribution in [3.8, 4) is 5.75 Å². The molecule has 1 spiro atoms. The molecule has 0 unspecified atom stereocenters. The molecule has 2 aliphatic rings. The van der Waals surface area contributed by atoms with Crippen molar-refractivity contribution in [2.75, 3.05) is 39.9 Å². The van der Waals surface area contributed by atoms with E-state index >= 15 is 0 Å². The summed E-state index contributed by atoms with van der Waals surface area (Å²) in [5.41, 5.74) is 0.811. The van der Waals surface area contributed by atoms with Crippen LogP contribution in [0.4, 0.5) is 13.2 Å². The first-order chi connectivity index (χ1) is 14.9. The third kappa shape index (κ3) is 5.40. The van der Waals surface area contributed by atoms with Gasteiger partial charge in [-0.1, -0.05) is 36.4 Å². The van der Waals surface area contributed by atoms with Gasteiger partial charge in [0.1, 0.15) is 11.4 Å². The summed E-state index contributed by atoms with van der Waals surface area (Å²) >= 11 is 0. The number of rotatable bonds is 5. The molecule has 0 bridgehead atoms. The first-order valence-corrected chi connectivity index (χ1v) is 10.7. The Bertz CT molecular complexity index is 879. The zero-order valence-corrected chi connectivity index (χ0v) is 17.8. The molecule has 0 aliphatic carbocycles. The highest BCUT2D eigenvalue weighted by molar-refractivity contribution is 5.35. The first-order valence-electron chi connectivity index (χ1n) is 10.7. The minimum Gasteiger partial charge on any atom is -0.486 e. The van der Waals surface area contributed by atoms with E-state index in [4.69, 9.17) is 9.47 Å². The zero-order valence-electron chi connectivity index (χ0n) is 17.8. The van der Waals surface area contributed by atoms with Gasteiger partial charge in [0.05, 0.1) is 12.2 Å². The van der Waals surface area contributed by atoms with Crippen molar-refractivity contribution in [3.05, 3.63) is 65.2 Å². The van der Waals surface area contributed by atoms with Gasteiger partial charge in [-0.25, -0.2) is 0 Å². The van der Waals surface area contributed by atoms with Gasteiger partial charge in [0.2, 0.25) is 0 Å². The molecule has 7 heteroatoms. The van der Waals surface area contributed by atoms with Gasteiger partial charge in [-0.3, -0.25) is 4.90 Å². The molecule has 2 aromatic rings. The van der Waals surface area contributed by atoms with Crippen molar-refractivity contribution in [2.45, 2.75) is 37.7 Å². The van der Waals surface area contributed by atoms with E-state index in [2.05, 4.69) is 9.80 Å². The first kappa shape index (κ1) is 22.1. The predicted octanol–water partition coefficient (Wildman–Crippen LogP) is 4.58. The van der Waals surface area contributed by atoms with E-state index in [0.29, 0.717) is 31.8 Å². The van der Waals surface area contributed by atoms with Crippen LogP contribution in [0.15, 0.2) is 48.5 Å². The molecule has 1 fully saturated rings. The largest absolute Gasteiger partial charge is 0.486 e. The number of ether oxygens (including phenoxy) is 2. The second kappa shape index (κ2) is 9.18. The van der Waals surface area contributed by atoms with Crippen molar-refractivity contribution in [1.82, 2.24) is 9.80 Å². The molecule has 0 amide bonds. The predicted molar refractivity (Wildman–Crippen MR) is 113 cm³/mol. The Kier molecular flexibility index (Phi) is 6.55. The zero-order chi connectivity index (χ0) is 21.9. The van der Waals surface area contributed by atoms with Crippen LogP contribution >= 0.6 is 0 Å². The number of fused-ring (bicyclic) bond motifs is 1. The summed E-state index contributed by atoms with van der Waals surface area (Å²) in [5, 5.41) is 0. The van der Waals surface area contributed by atoms with Crippen LogP contribution in [-0.2, 0) is 24.0 Å². The summed E-state index contributed by atoms with van der Waals surface area (Å²) in [6.45, 7) is 5.25. The summed E-state index contributed by atoms with van der Waals surface area (Å²) in [5.74, 6) is 0.888. The number of alkyl halides is 3. The van der Waals surface area contributed by atoms with Gasteiger partial charge in [-0.05, 0) is 17.7 Å². The van der Waals surface area contributed by atoms with Crippen LogP contribution in [0.25, 0.3) is 0 Å². The van der Waals surface area contributed by atoms with Gasteiger partial charge in [-0.2, -0.15) is 13.2 Å². The molecule has 0 radical (unpaired) electrons. The molecular formula is C24H29F3N2O2. The number of benzene rings is 2. The number of hydrogen-bond acceptors (Lipinski definition) is 4. The molecule has 4 rings (SSSR count). The number of piperidine rings is 1. The molecule has 0 N–H and O–H groups in total. The summed E-state index contributed by atoms with van der Waals surface area (Å²) in [7, 11) is 1.71. The maximum Gasteiger partial charge on any atom is 0.416 e. The molecule has 1 saturated heterocycles. The van der Waals surface area contributed by atoms with Crippen LogP contribution in [0.2, 0.25) is 0 Å². The monoisotopic (exact) mass is 434 g/mol. The third-order valence-electron chi connectivity index (χ3n) is 6.24. The maximum absolute atomic E-state index is 13.2. The maximum atomic E-state index is 13.2. The Morgan fingerprint density at radius 2 is 1.81 bits per heavy atom. The van der Waals surface area contributed by atoms with Crippen molar-refractivity contribution < 1.29 is 22.6 Å². The van der Waals surface area contributed by atoms with Crippen molar-refractivity contribution in [1.29, 1.82) is 0 Å². The van der Waals surface area contributed by atoms with E-state index in [9.17, 15) is 13.2 Å². The Labute approximate surface area is 181 Å². The van der Waals surface area contributed by atoms with E-state index < -0.39 is 11.7 Å². The second-order valence-electron chi connectivity index (χ2n) is 8.57. The van der Waals surface area contributed by atoms with E-state index in [1.807, 2.05) is 24.3 Å². The lowest BCUT2D eigenvalue weighted by atomic mass is 9.90. The normalized spacial score (nSPS) is 19.6. The average molecular weight is 435 g/mol. The summed E-state index contributed by atoms with van der Waals surface area (Å²) in [6, 6.07) is 13.7. The Hall–Kier alpha value is -2.09. The molecule has 2 aromatic carbocycles. The molecule has 2 heterocycles. The fraction of sp³-hybridized carbons (Fsp3) is 0.500. The van der Waals surface area contributed by atoms with Crippen LogP contribution in [0, 0.1) is 0 Å². The second-order valence-corrected chi connectivity index (χ2v) is 8.57. The standard InChI is InChI=1S/C24H29F3N2O2/c1-30-14-13-28-11-9-23(10-12-28)18-29(17-20-6-2-3-8-22(20)31-23)16-19-5-4-7-21(15-19)24(25,26)27/h2-8,15H,9-14,16-18H2,1H3. The Morgan fingerprint density at radius 1 is 1.03 bits per heavy atom. The summed E-state index contributed by atoms with van der Waals surface area (Å²) in [6.07, 6.45) is -2.57. The van der Waals surface area contributed by atoms with Gasteiger partial charge >= 0.3 is 6.18 Å². The van der Waals surface area contributed by atoms with Gasteiger partial charge in [0, 0.05) is 64.8 Å². The summed E-state index contributed by atoms with van der Waals surface area (Å²) in [4.78, 5) is 4.61. The highest BCUT2D eigenvalue weighted by atomic mass is 19.4. The lowest BCUT2D eigenvalue weighted by molar-refractivity contribution is -0.137. The lowest BCUT2D eigenvalue weighted by Gasteiger charge is -2.43. The Balaban J connectivity index is 1.55. The van der Waals surface area contributed by atoms with Gasteiger partial charge in [-0.15, -0.1) is 0 Å². The molecule has 168 valence electrons. The Morgan fingerprint density at radius 3 is 2.55 bits per heavy atom. The number of para-hydroxylation sites is 1. The SMILES string of the molecule is COCCN1CCC2(CC1)CN(Cc1cccc(C(F)(F)F)c1)Cc1ccccc1O2. The van der Waals surface area contributed by atoms with E-state index in [-0.39, 0.29) is 5.60 Å². The molecule has 31 heavy (non-hydrogen) atoms.